The topological polar surface area (TPSA) is 74.0 Å². The van der Waals surface area contributed by atoms with Gasteiger partial charge in [0.25, 0.3) is 11.8 Å². The second kappa shape index (κ2) is 9.01. The zero-order chi connectivity index (χ0) is 22.6. The first-order valence-corrected chi connectivity index (χ1v) is 10.9. The molecule has 5 nitrogen and oxygen atoms in total. The summed E-state index contributed by atoms with van der Waals surface area (Å²) in [5, 5.41) is 5.97. The van der Waals surface area contributed by atoms with Crippen LogP contribution in [0, 0.1) is 0 Å². The molecule has 0 radical (unpaired) electrons. The average molecular weight is 434 g/mol. The number of amides is 2. The molecule has 33 heavy (non-hydrogen) atoms. The number of nitrogens with one attached hydrogen (secondary N) is 3. The molecule has 3 N–H and O–H groups in total. The van der Waals surface area contributed by atoms with Crippen molar-refractivity contribution in [3.05, 3.63) is 120 Å². The molecular weight excluding hydrogens is 410 g/mol. The molecule has 0 saturated carbocycles. The molecule has 1 aromatic heterocycles. The van der Waals surface area contributed by atoms with Crippen molar-refractivity contribution < 1.29 is 9.59 Å². The zero-order valence-corrected chi connectivity index (χ0v) is 18.0. The first kappa shape index (κ1) is 20.5. The van der Waals surface area contributed by atoms with Crippen LogP contribution in [0.1, 0.15) is 33.8 Å². The number of benzene rings is 2. The number of hydrogen-bond donors (Lipinski definition) is 3. The maximum Gasteiger partial charge on any atom is 0.272 e. The van der Waals surface area contributed by atoms with Gasteiger partial charge in [-0.15, -0.1) is 0 Å². The van der Waals surface area contributed by atoms with Gasteiger partial charge in [0.05, 0.1) is 0 Å². The number of carbonyl (C=O) groups is 2. The van der Waals surface area contributed by atoms with Crippen LogP contribution >= 0.6 is 0 Å². The summed E-state index contributed by atoms with van der Waals surface area (Å²) >= 11 is 0. The van der Waals surface area contributed by atoms with Gasteiger partial charge in [-0.25, -0.2) is 0 Å². The molecule has 0 unspecified atom stereocenters. The van der Waals surface area contributed by atoms with Crippen LogP contribution in [-0.4, -0.2) is 16.8 Å². The fourth-order valence-electron chi connectivity index (χ4n) is 4.12. The molecule has 0 bridgehead atoms. The average Bonchev–Trinajstić information content (AvgIpc) is 3.61. The van der Waals surface area contributed by atoms with E-state index in [1.165, 1.54) is 0 Å². The van der Waals surface area contributed by atoms with E-state index in [0.29, 0.717) is 35.4 Å². The predicted octanol–water partition coefficient (Wildman–Crippen LogP) is 5.50. The second-order valence-electron chi connectivity index (χ2n) is 7.91. The van der Waals surface area contributed by atoms with E-state index in [1.54, 1.807) is 0 Å². The maximum absolute atomic E-state index is 13.4. The Morgan fingerprint density at radius 3 is 1.42 bits per heavy atom. The highest BCUT2D eigenvalue weighted by Crippen LogP contribution is 2.38. The lowest BCUT2D eigenvalue weighted by Crippen LogP contribution is -2.24. The molecule has 2 amide bonds. The molecule has 0 aliphatic heterocycles. The van der Waals surface area contributed by atoms with Gasteiger partial charge in [-0.05, 0) is 23.3 Å². The largest absolute Gasteiger partial charge is 0.345 e. The molecule has 3 aromatic rings. The van der Waals surface area contributed by atoms with Gasteiger partial charge < -0.3 is 15.6 Å². The number of aromatic amines is 1. The van der Waals surface area contributed by atoms with Crippen molar-refractivity contribution in [3.63, 3.8) is 0 Å². The first-order chi connectivity index (χ1) is 16.2. The van der Waals surface area contributed by atoms with E-state index in [2.05, 4.69) is 15.6 Å². The van der Waals surface area contributed by atoms with Gasteiger partial charge >= 0.3 is 0 Å². The zero-order valence-electron chi connectivity index (χ0n) is 18.0. The van der Waals surface area contributed by atoms with Crippen LogP contribution in [-0.2, 0) is 0 Å². The molecule has 5 rings (SSSR count). The highest BCUT2D eigenvalue weighted by Gasteiger charge is 2.28. The molecule has 0 saturated heterocycles. The van der Waals surface area contributed by atoms with Crippen LogP contribution in [0.15, 0.2) is 109 Å². The van der Waals surface area contributed by atoms with Crippen molar-refractivity contribution in [1.82, 2.24) is 15.6 Å². The number of rotatable bonds is 6. The van der Waals surface area contributed by atoms with Crippen LogP contribution in [0.3, 0.4) is 0 Å². The quantitative estimate of drug-likeness (QED) is 0.480. The van der Waals surface area contributed by atoms with Crippen molar-refractivity contribution in [2.75, 3.05) is 0 Å². The number of H-pyrrole nitrogens is 1. The van der Waals surface area contributed by atoms with E-state index in [4.69, 9.17) is 0 Å². The first-order valence-electron chi connectivity index (χ1n) is 10.9. The molecule has 2 aliphatic rings. The third-order valence-electron chi connectivity index (χ3n) is 5.67. The fraction of sp³-hybridized carbons (Fsp3) is 0.0714. The molecular formula is C28H23N3O2. The van der Waals surface area contributed by atoms with Crippen LogP contribution in [0.5, 0.6) is 0 Å². The van der Waals surface area contributed by atoms with E-state index in [9.17, 15) is 9.59 Å². The van der Waals surface area contributed by atoms with E-state index >= 15 is 0 Å². The Morgan fingerprint density at radius 2 is 1.06 bits per heavy atom. The van der Waals surface area contributed by atoms with Crippen molar-refractivity contribution in [2.24, 2.45) is 0 Å². The predicted molar refractivity (Wildman–Crippen MR) is 130 cm³/mol. The summed E-state index contributed by atoms with van der Waals surface area (Å²) in [6, 6.07) is 19.4. The van der Waals surface area contributed by atoms with Crippen molar-refractivity contribution >= 4 is 11.8 Å². The molecule has 2 aliphatic carbocycles. The summed E-state index contributed by atoms with van der Waals surface area (Å²) in [4.78, 5) is 30.0. The van der Waals surface area contributed by atoms with E-state index in [1.807, 2.05) is 97.1 Å². The van der Waals surface area contributed by atoms with Crippen molar-refractivity contribution in [2.45, 2.75) is 12.8 Å². The minimum absolute atomic E-state index is 0.276. The summed E-state index contributed by atoms with van der Waals surface area (Å²) in [6.07, 6.45) is 12.9. The Balaban J connectivity index is 1.67. The molecule has 0 spiro atoms. The minimum Gasteiger partial charge on any atom is -0.345 e. The lowest BCUT2D eigenvalue weighted by Gasteiger charge is -2.11. The van der Waals surface area contributed by atoms with E-state index < -0.39 is 0 Å². The molecule has 1 heterocycles. The van der Waals surface area contributed by atoms with Gasteiger partial charge in [-0.1, -0.05) is 85.0 Å². The van der Waals surface area contributed by atoms with E-state index in [-0.39, 0.29) is 11.8 Å². The highest BCUT2D eigenvalue weighted by molar-refractivity contribution is 6.11. The molecule has 2 aromatic carbocycles. The van der Waals surface area contributed by atoms with Gasteiger partial charge in [-0.3, -0.25) is 9.59 Å². The molecule has 0 atom stereocenters. The summed E-state index contributed by atoms with van der Waals surface area (Å²) in [5.74, 6) is -0.552. The molecule has 5 heteroatoms. The van der Waals surface area contributed by atoms with Crippen molar-refractivity contribution in [1.29, 1.82) is 0 Å². The van der Waals surface area contributed by atoms with Gasteiger partial charge in [0.15, 0.2) is 0 Å². The minimum atomic E-state index is -0.276. The number of allylic oxidation sites excluding steroid dienone is 6. The Labute approximate surface area is 192 Å². The Bertz CT molecular complexity index is 1220. The number of carbonyl (C=O) groups excluding carboxylic acids is 2. The van der Waals surface area contributed by atoms with Crippen LogP contribution in [0.2, 0.25) is 0 Å². The Kier molecular flexibility index (Phi) is 5.60. The van der Waals surface area contributed by atoms with Crippen LogP contribution in [0.4, 0.5) is 0 Å². The Morgan fingerprint density at radius 1 is 0.636 bits per heavy atom. The summed E-state index contributed by atoms with van der Waals surface area (Å²) in [7, 11) is 0. The summed E-state index contributed by atoms with van der Waals surface area (Å²) in [5.41, 5.74) is 5.48. The van der Waals surface area contributed by atoms with Crippen LogP contribution in [0.25, 0.3) is 22.3 Å². The Hall–Kier alpha value is -4.38. The molecule has 0 fully saturated rings. The smallest absolute Gasteiger partial charge is 0.272 e. The van der Waals surface area contributed by atoms with Gasteiger partial charge in [0, 0.05) is 35.4 Å². The third kappa shape index (κ3) is 4.21. The fourth-order valence-corrected chi connectivity index (χ4v) is 4.12. The van der Waals surface area contributed by atoms with E-state index in [0.717, 1.165) is 22.5 Å². The summed E-state index contributed by atoms with van der Waals surface area (Å²) in [6.45, 7) is 0. The van der Waals surface area contributed by atoms with Gasteiger partial charge in [0.1, 0.15) is 11.4 Å². The van der Waals surface area contributed by atoms with Gasteiger partial charge in [-0.2, -0.15) is 0 Å². The lowest BCUT2D eigenvalue weighted by molar-refractivity contribution is 0.0960. The maximum atomic E-state index is 13.4. The lowest BCUT2D eigenvalue weighted by atomic mass is 9.94. The second-order valence-corrected chi connectivity index (χ2v) is 7.91. The van der Waals surface area contributed by atoms with Gasteiger partial charge in [0.2, 0.25) is 0 Å². The summed E-state index contributed by atoms with van der Waals surface area (Å²) < 4.78 is 0. The monoisotopic (exact) mass is 433 g/mol. The number of hydrogen-bond acceptors (Lipinski definition) is 2. The van der Waals surface area contributed by atoms with Crippen molar-refractivity contribution in [3.8, 4) is 22.3 Å². The molecule has 162 valence electrons. The highest BCUT2D eigenvalue weighted by atomic mass is 16.2. The normalized spacial score (nSPS) is 14.2. The standard InChI is InChI=1S/C28H23N3O2/c32-27(29-21-15-7-8-16-21)25-23(19-11-3-1-4-12-19)24(20-13-5-2-6-14-20)26(31-25)28(33)30-22-17-9-10-18-22/h1-15,17,31H,16,18H2,(H,29,32)(H,30,33). The SMILES string of the molecule is O=C(NC1=CC=CC1)c1[nH]c(C(=O)NC2=CC=CC2)c(-c2ccccc2)c1-c1ccccc1. The van der Waals surface area contributed by atoms with Crippen LogP contribution < -0.4 is 10.6 Å². The third-order valence-corrected chi connectivity index (χ3v) is 5.67. The number of aromatic nitrogens is 1.